The minimum absolute atomic E-state index is 0.179. The summed E-state index contributed by atoms with van der Waals surface area (Å²) in [4.78, 5) is 0. The van der Waals surface area contributed by atoms with E-state index in [1.54, 1.807) is 12.1 Å². The van der Waals surface area contributed by atoms with Crippen molar-refractivity contribution in [3.05, 3.63) is 59.7 Å². The zero-order valence-electron chi connectivity index (χ0n) is 16.5. The summed E-state index contributed by atoms with van der Waals surface area (Å²) in [5.74, 6) is 1.49. The molecule has 2 aromatic rings. The Bertz CT molecular complexity index is 725. The quantitative estimate of drug-likeness (QED) is 0.466. The molecule has 0 aliphatic heterocycles. The number of benzene rings is 2. The molecular weight excluding hydrogens is 405 g/mol. The van der Waals surface area contributed by atoms with Crippen molar-refractivity contribution in [1.82, 2.24) is 0 Å². The number of halogens is 3. The Balaban J connectivity index is 0.000000280. The summed E-state index contributed by atoms with van der Waals surface area (Å²) in [5.41, 5.74) is 2.30. The zero-order valence-corrected chi connectivity index (χ0v) is 18.2. The molecule has 0 atom stereocenters. The third kappa shape index (κ3) is 9.46. The molecule has 0 unspecified atom stereocenters. The third-order valence-electron chi connectivity index (χ3n) is 3.69. The van der Waals surface area contributed by atoms with Crippen LogP contribution in [0.1, 0.15) is 50.7 Å². The van der Waals surface area contributed by atoms with Crippen LogP contribution in [0.15, 0.2) is 48.5 Å². The molecule has 0 radical (unpaired) electrons. The fourth-order valence-electron chi connectivity index (χ4n) is 2.11. The lowest BCUT2D eigenvalue weighted by Crippen LogP contribution is -2.17. The highest BCUT2D eigenvalue weighted by molar-refractivity contribution is 8.22. The molecule has 0 aliphatic rings. The van der Waals surface area contributed by atoms with E-state index in [4.69, 9.17) is 17.0 Å². The highest BCUT2D eigenvalue weighted by Crippen LogP contribution is 2.24. The minimum atomic E-state index is -4.61. The van der Waals surface area contributed by atoms with Crippen LogP contribution in [0.2, 0.25) is 0 Å². The van der Waals surface area contributed by atoms with Crippen LogP contribution in [0.25, 0.3) is 0 Å². The lowest BCUT2D eigenvalue weighted by Gasteiger charge is -2.10. The first-order valence-electron chi connectivity index (χ1n) is 8.73. The van der Waals surface area contributed by atoms with Gasteiger partial charge in [0.05, 0.1) is 0 Å². The highest BCUT2D eigenvalue weighted by atomic mass is 32.2. The smallest absolute Gasteiger partial charge is 0.440 e. The fourth-order valence-corrected chi connectivity index (χ4v) is 2.39. The molecule has 2 nitrogen and oxygen atoms in total. The minimum Gasteiger partial charge on any atom is -0.440 e. The Morgan fingerprint density at radius 1 is 0.821 bits per heavy atom. The number of thiocarbonyl (C=S) groups is 1. The second kappa shape index (κ2) is 11.3. The van der Waals surface area contributed by atoms with Crippen LogP contribution in [0.4, 0.5) is 13.2 Å². The van der Waals surface area contributed by atoms with E-state index in [0.29, 0.717) is 16.2 Å². The molecular formula is C21H25F3O2S2. The number of hydrogen-bond donors (Lipinski definition) is 0. The number of alkyl halides is 3. The Morgan fingerprint density at radius 3 is 1.54 bits per heavy atom. The van der Waals surface area contributed by atoms with Gasteiger partial charge in [0.1, 0.15) is 11.5 Å². The van der Waals surface area contributed by atoms with Crippen molar-refractivity contribution >= 4 is 28.4 Å². The lowest BCUT2D eigenvalue weighted by atomic mass is 10.0. The first kappa shape index (κ1) is 24.3. The van der Waals surface area contributed by atoms with Crippen molar-refractivity contribution in [2.24, 2.45) is 0 Å². The second-order valence-electron chi connectivity index (χ2n) is 6.55. The Labute approximate surface area is 174 Å². The standard InChI is InChI=1S/C11H14OS2.C10H11F3O/c1-8(2)9-4-6-10(7-5-9)12-11(13)14-3;1-7(2)8-3-5-9(6-4-8)14-10(11,12)13/h4-8H,1-3H3;3-7H,1-2H3. The maximum atomic E-state index is 11.8. The summed E-state index contributed by atoms with van der Waals surface area (Å²) in [6, 6.07) is 14.0. The van der Waals surface area contributed by atoms with Crippen molar-refractivity contribution in [2.75, 3.05) is 6.26 Å². The number of ether oxygens (including phenoxy) is 2. The molecule has 0 spiro atoms. The molecule has 0 bridgehead atoms. The first-order chi connectivity index (χ1) is 13.0. The fraction of sp³-hybridized carbons (Fsp3) is 0.381. The Hall–Kier alpha value is -1.73. The molecule has 0 N–H and O–H groups in total. The van der Waals surface area contributed by atoms with Gasteiger partial charge in [-0.1, -0.05) is 63.7 Å². The van der Waals surface area contributed by atoms with E-state index in [-0.39, 0.29) is 5.75 Å². The highest BCUT2D eigenvalue weighted by Gasteiger charge is 2.30. The van der Waals surface area contributed by atoms with Gasteiger partial charge in [0, 0.05) is 0 Å². The first-order valence-corrected chi connectivity index (χ1v) is 10.4. The second-order valence-corrected chi connectivity index (χ2v) is 7.96. The van der Waals surface area contributed by atoms with Crippen molar-refractivity contribution in [3.8, 4) is 11.5 Å². The summed E-state index contributed by atoms with van der Waals surface area (Å²) in [5, 5.41) is 0. The molecule has 0 fully saturated rings. The molecule has 154 valence electrons. The summed E-state index contributed by atoms with van der Waals surface area (Å²) in [6.07, 6.45) is -2.70. The van der Waals surface area contributed by atoms with Crippen molar-refractivity contribution < 1.29 is 22.6 Å². The molecule has 0 saturated heterocycles. The average Bonchev–Trinajstić information content (AvgIpc) is 2.61. The zero-order chi connectivity index (χ0) is 21.3. The van der Waals surface area contributed by atoms with E-state index in [9.17, 15) is 13.2 Å². The molecule has 0 saturated carbocycles. The Kier molecular flexibility index (Phi) is 9.82. The van der Waals surface area contributed by atoms with E-state index in [1.165, 1.54) is 29.5 Å². The van der Waals surface area contributed by atoms with Gasteiger partial charge in [-0.25, -0.2) is 0 Å². The van der Waals surface area contributed by atoms with E-state index in [2.05, 4.69) is 30.7 Å². The van der Waals surface area contributed by atoms with Crippen molar-refractivity contribution in [2.45, 2.75) is 45.9 Å². The van der Waals surface area contributed by atoms with Gasteiger partial charge >= 0.3 is 6.36 Å². The number of rotatable bonds is 4. The van der Waals surface area contributed by atoms with E-state index in [1.807, 2.05) is 32.2 Å². The van der Waals surface area contributed by atoms with Crippen molar-refractivity contribution in [1.29, 1.82) is 0 Å². The summed E-state index contributed by atoms with van der Waals surface area (Å²) in [7, 11) is 0. The monoisotopic (exact) mass is 430 g/mol. The number of thioether (sulfide) groups is 1. The van der Waals surface area contributed by atoms with Crippen LogP contribution in [-0.2, 0) is 0 Å². The molecule has 2 rings (SSSR count). The predicted molar refractivity (Wildman–Crippen MR) is 114 cm³/mol. The van der Waals surface area contributed by atoms with Crippen LogP contribution in [0.5, 0.6) is 11.5 Å². The molecule has 0 heterocycles. The van der Waals surface area contributed by atoms with Gasteiger partial charge in [-0.05, 0) is 65.7 Å². The molecule has 0 amide bonds. The van der Waals surface area contributed by atoms with Gasteiger partial charge in [-0.15, -0.1) is 13.2 Å². The summed E-state index contributed by atoms with van der Waals surface area (Å²) >= 11 is 6.40. The molecule has 28 heavy (non-hydrogen) atoms. The summed E-state index contributed by atoms with van der Waals surface area (Å²) < 4.78 is 45.0. The van der Waals surface area contributed by atoms with Gasteiger partial charge in [-0.2, -0.15) is 0 Å². The Morgan fingerprint density at radius 2 is 1.21 bits per heavy atom. The lowest BCUT2D eigenvalue weighted by molar-refractivity contribution is -0.274. The largest absolute Gasteiger partial charge is 0.573 e. The number of hydrogen-bond acceptors (Lipinski definition) is 4. The SMILES string of the molecule is CC(C)c1ccc(OC(F)(F)F)cc1.CSC(=S)Oc1ccc(C(C)C)cc1. The van der Waals surface area contributed by atoms with Gasteiger partial charge in [0.15, 0.2) is 0 Å². The normalized spacial score (nSPS) is 11.1. The van der Waals surface area contributed by atoms with E-state index in [0.717, 1.165) is 11.3 Å². The van der Waals surface area contributed by atoms with Gasteiger partial charge in [0.2, 0.25) is 4.38 Å². The molecule has 0 aliphatic carbocycles. The van der Waals surface area contributed by atoms with Crippen LogP contribution in [0, 0.1) is 0 Å². The van der Waals surface area contributed by atoms with Gasteiger partial charge < -0.3 is 9.47 Å². The predicted octanol–water partition coefficient (Wildman–Crippen LogP) is 7.55. The van der Waals surface area contributed by atoms with Crippen LogP contribution in [0.3, 0.4) is 0 Å². The van der Waals surface area contributed by atoms with Crippen LogP contribution < -0.4 is 9.47 Å². The maximum Gasteiger partial charge on any atom is 0.573 e. The molecule has 7 heteroatoms. The van der Waals surface area contributed by atoms with Gasteiger partial charge in [0.25, 0.3) is 0 Å². The average molecular weight is 431 g/mol. The molecule has 2 aromatic carbocycles. The van der Waals surface area contributed by atoms with Crippen LogP contribution in [-0.4, -0.2) is 17.0 Å². The topological polar surface area (TPSA) is 18.5 Å². The van der Waals surface area contributed by atoms with Crippen LogP contribution >= 0.6 is 24.0 Å². The molecule has 0 aromatic heterocycles. The van der Waals surface area contributed by atoms with Gasteiger partial charge in [-0.3, -0.25) is 0 Å². The van der Waals surface area contributed by atoms with E-state index >= 15 is 0 Å². The third-order valence-corrected chi connectivity index (χ3v) is 4.69. The maximum absolute atomic E-state index is 11.8. The summed E-state index contributed by atoms with van der Waals surface area (Å²) in [6.45, 7) is 8.28. The van der Waals surface area contributed by atoms with E-state index < -0.39 is 6.36 Å². The van der Waals surface area contributed by atoms with Crippen molar-refractivity contribution in [3.63, 3.8) is 0 Å².